The van der Waals surface area contributed by atoms with E-state index in [-0.39, 0.29) is 16.8 Å². The van der Waals surface area contributed by atoms with Crippen LogP contribution in [-0.2, 0) is 14.8 Å². The van der Waals surface area contributed by atoms with Crippen molar-refractivity contribution < 1.29 is 13.2 Å². The third-order valence-corrected chi connectivity index (χ3v) is 4.70. The number of halogens is 1. The first-order valence-corrected chi connectivity index (χ1v) is 8.56. The summed E-state index contributed by atoms with van der Waals surface area (Å²) in [6.45, 7) is 0.949. The normalized spacial score (nSPS) is 19.0. The second kappa shape index (κ2) is 6.21. The maximum atomic E-state index is 11.9. The first-order chi connectivity index (χ1) is 9.36. The topological polar surface area (TPSA) is 101 Å². The number of sulfonamides is 1. The second-order valence-electron chi connectivity index (χ2n) is 4.73. The third-order valence-electron chi connectivity index (χ3n) is 3.14. The average molecular weight is 362 g/mol. The summed E-state index contributed by atoms with van der Waals surface area (Å²) < 4.78 is 22.9. The van der Waals surface area contributed by atoms with E-state index >= 15 is 0 Å². The van der Waals surface area contributed by atoms with Crippen LogP contribution in [0.2, 0.25) is 0 Å². The molecule has 0 aromatic heterocycles. The van der Waals surface area contributed by atoms with Crippen LogP contribution in [0.4, 0.5) is 5.69 Å². The molecule has 0 aliphatic carbocycles. The number of rotatable bonds is 4. The number of nitrogens with one attached hydrogen (secondary N) is 2. The molecule has 0 bridgehead atoms. The Morgan fingerprint density at radius 3 is 2.80 bits per heavy atom. The molecule has 1 fully saturated rings. The molecule has 1 heterocycles. The lowest BCUT2D eigenvalue weighted by atomic mass is 10.1. The Bertz CT molecular complexity index is 612. The number of hydrogen-bond donors (Lipinski definition) is 3. The minimum absolute atomic E-state index is 0.000154. The quantitative estimate of drug-likeness (QED) is 0.749. The highest BCUT2D eigenvalue weighted by molar-refractivity contribution is 9.10. The molecule has 1 aromatic carbocycles. The van der Waals surface area contributed by atoms with Crippen molar-refractivity contribution in [3.63, 3.8) is 0 Å². The van der Waals surface area contributed by atoms with Gasteiger partial charge in [0.15, 0.2) is 0 Å². The van der Waals surface area contributed by atoms with Crippen LogP contribution < -0.4 is 15.8 Å². The molecule has 1 atom stereocenters. The number of carbonyl (C=O) groups is 1. The Morgan fingerprint density at radius 2 is 2.25 bits per heavy atom. The van der Waals surface area contributed by atoms with E-state index in [1.54, 1.807) is 0 Å². The van der Waals surface area contributed by atoms with Crippen molar-refractivity contribution >= 4 is 37.5 Å². The lowest BCUT2D eigenvalue weighted by Crippen LogP contribution is -2.27. The van der Waals surface area contributed by atoms with Gasteiger partial charge in [0.1, 0.15) is 0 Å². The molecule has 1 aliphatic heterocycles. The van der Waals surface area contributed by atoms with Gasteiger partial charge in [-0.2, -0.15) is 0 Å². The number of benzene rings is 1. The molecule has 0 spiro atoms. The second-order valence-corrected chi connectivity index (χ2v) is 7.15. The average Bonchev–Trinajstić information content (AvgIpc) is 2.83. The molecule has 20 heavy (non-hydrogen) atoms. The van der Waals surface area contributed by atoms with Gasteiger partial charge in [-0.1, -0.05) is 0 Å². The van der Waals surface area contributed by atoms with Gasteiger partial charge in [-0.15, -0.1) is 0 Å². The first kappa shape index (κ1) is 15.4. The predicted molar refractivity (Wildman–Crippen MR) is 79.8 cm³/mol. The molecule has 1 unspecified atom stereocenters. The van der Waals surface area contributed by atoms with Gasteiger partial charge in [-0.3, -0.25) is 4.79 Å². The van der Waals surface area contributed by atoms with Crippen molar-refractivity contribution in [2.75, 3.05) is 11.9 Å². The van der Waals surface area contributed by atoms with E-state index in [9.17, 15) is 13.2 Å². The van der Waals surface area contributed by atoms with Gasteiger partial charge < -0.3 is 10.6 Å². The van der Waals surface area contributed by atoms with Crippen molar-refractivity contribution in [2.45, 2.75) is 30.2 Å². The number of carbonyl (C=O) groups excluding carboxylic acids is 1. The number of hydrogen-bond acceptors (Lipinski definition) is 4. The highest BCUT2D eigenvalue weighted by Gasteiger charge is 2.18. The van der Waals surface area contributed by atoms with E-state index in [2.05, 4.69) is 26.6 Å². The Morgan fingerprint density at radius 1 is 1.50 bits per heavy atom. The van der Waals surface area contributed by atoms with E-state index in [4.69, 9.17) is 5.14 Å². The first-order valence-electron chi connectivity index (χ1n) is 6.22. The van der Waals surface area contributed by atoms with Gasteiger partial charge in [0.05, 0.1) is 10.6 Å². The highest BCUT2D eigenvalue weighted by atomic mass is 79.9. The van der Waals surface area contributed by atoms with E-state index < -0.39 is 10.0 Å². The minimum Gasteiger partial charge on any atom is -0.325 e. The summed E-state index contributed by atoms with van der Waals surface area (Å²) >= 11 is 3.23. The number of nitrogens with two attached hydrogens (primary N) is 1. The summed E-state index contributed by atoms with van der Waals surface area (Å²) in [6.07, 6.45) is 2.49. The maximum absolute atomic E-state index is 11.9. The van der Waals surface area contributed by atoms with Gasteiger partial charge in [0.2, 0.25) is 15.9 Å². The SMILES string of the molecule is NS(=O)(=O)c1ccc(NC(=O)CC2CCCN2)c(Br)c1. The minimum atomic E-state index is -3.74. The summed E-state index contributed by atoms with van der Waals surface area (Å²) in [5.74, 6) is -0.103. The van der Waals surface area contributed by atoms with Crippen molar-refractivity contribution in [3.05, 3.63) is 22.7 Å². The fraction of sp³-hybridized carbons (Fsp3) is 0.417. The number of primary sulfonamides is 1. The van der Waals surface area contributed by atoms with Crippen molar-refractivity contribution in [1.29, 1.82) is 0 Å². The number of anilines is 1. The fourth-order valence-corrected chi connectivity index (χ4v) is 3.30. The molecule has 2 rings (SSSR count). The van der Waals surface area contributed by atoms with Gasteiger partial charge >= 0.3 is 0 Å². The smallest absolute Gasteiger partial charge is 0.238 e. The summed E-state index contributed by atoms with van der Waals surface area (Å²) in [4.78, 5) is 11.9. The summed E-state index contributed by atoms with van der Waals surface area (Å²) in [5.41, 5.74) is 0.528. The molecule has 110 valence electrons. The molecule has 0 saturated carbocycles. The zero-order chi connectivity index (χ0) is 14.8. The van der Waals surface area contributed by atoms with Gasteiger partial charge in [-0.25, -0.2) is 13.6 Å². The van der Waals surface area contributed by atoms with Crippen LogP contribution in [0.3, 0.4) is 0 Å². The van der Waals surface area contributed by atoms with Crippen LogP contribution in [0.1, 0.15) is 19.3 Å². The highest BCUT2D eigenvalue weighted by Crippen LogP contribution is 2.25. The van der Waals surface area contributed by atoms with E-state index in [0.717, 1.165) is 19.4 Å². The Kier molecular flexibility index (Phi) is 4.79. The molecule has 1 aliphatic rings. The van der Waals surface area contributed by atoms with Crippen LogP contribution in [-0.4, -0.2) is 26.9 Å². The maximum Gasteiger partial charge on any atom is 0.238 e. The van der Waals surface area contributed by atoms with Crippen LogP contribution in [0.5, 0.6) is 0 Å². The van der Waals surface area contributed by atoms with E-state index in [1.807, 2.05) is 0 Å². The Hall–Kier alpha value is -0.960. The van der Waals surface area contributed by atoms with E-state index in [0.29, 0.717) is 16.6 Å². The van der Waals surface area contributed by atoms with Crippen LogP contribution in [0, 0.1) is 0 Å². The molecular weight excluding hydrogens is 346 g/mol. The molecule has 8 heteroatoms. The summed E-state index contributed by atoms with van der Waals surface area (Å²) in [5, 5.41) is 11.0. The fourth-order valence-electron chi connectivity index (χ4n) is 2.13. The van der Waals surface area contributed by atoms with Gasteiger partial charge in [-0.05, 0) is 53.5 Å². The molecule has 1 saturated heterocycles. The van der Waals surface area contributed by atoms with E-state index in [1.165, 1.54) is 18.2 Å². The summed E-state index contributed by atoms with van der Waals surface area (Å²) in [6, 6.07) is 4.48. The van der Waals surface area contributed by atoms with Crippen LogP contribution in [0.15, 0.2) is 27.6 Å². The molecule has 6 nitrogen and oxygen atoms in total. The van der Waals surface area contributed by atoms with Gasteiger partial charge in [0, 0.05) is 16.9 Å². The molecule has 0 radical (unpaired) electrons. The third kappa shape index (κ3) is 4.02. The lowest BCUT2D eigenvalue weighted by Gasteiger charge is -2.12. The van der Waals surface area contributed by atoms with Crippen molar-refractivity contribution in [2.24, 2.45) is 5.14 Å². The molecular formula is C12H16BrN3O3S. The van der Waals surface area contributed by atoms with Crippen LogP contribution >= 0.6 is 15.9 Å². The van der Waals surface area contributed by atoms with Crippen molar-refractivity contribution in [1.82, 2.24) is 5.32 Å². The molecule has 1 amide bonds. The van der Waals surface area contributed by atoms with Gasteiger partial charge in [0.25, 0.3) is 0 Å². The molecule has 1 aromatic rings. The summed E-state index contributed by atoms with van der Waals surface area (Å²) in [7, 11) is -3.74. The lowest BCUT2D eigenvalue weighted by molar-refractivity contribution is -0.116. The Labute approximate surface area is 126 Å². The standard InChI is InChI=1S/C12H16BrN3O3S/c13-10-7-9(20(14,18)19)3-4-11(10)16-12(17)6-8-2-1-5-15-8/h3-4,7-8,15H,1-2,5-6H2,(H,16,17)(H2,14,18,19). The number of amides is 1. The largest absolute Gasteiger partial charge is 0.325 e. The monoisotopic (exact) mass is 361 g/mol. The predicted octanol–water partition coefficient (Wildman–Crippen LogP) is 1.18. The molecule has 4 N–H and O–H groups in total. The van der Waals surface area contributed by atoms with Crippen molar-refractivity contribution in [3.8, 4) is 0 Å². The zero-order valence-electron chi connectivity index (χ0n) is 10.7. The Balaban J connectivity index is 2.04. The van der Waals surface area contributed by atoms with Crippen LogP contribution in [0.25, 0.3) is 0 Å². The zero-order valence-corrected chi connectivity index (χ0v) is 13.1.